The first-order chi connectivity index (χ1) is 12.1. The average Bonchev–Trinajstić information content (AvgIpc) is 3.20. The maximum absolute atomic E-state index is 13.9. The van der Waals surface area contributed by atoms with Crippen LogP contribution in [0.1, 0.15) is 29.3 Å². The summed E-state index contributed by atoms with van der Waals surface area (Å²) in [7, 11) is 1.83. The van der Waals surface area contributed by atoms with E-state index in [0.717, 1.165) is 18.4 Å². The van der Waals surface area contributed by atoms with Crippen LogP contribution in [0.25, 0.3) is 0 Å². The number of hydroxylamine groups is 1. The van der Waals surface area contributed by atoms with Crippen molar-refractivity contribution in [1.29, 1.82) is 0 Å². The van der Waals surface area contributed by atoms with Gasteiger partial charge in [0.25, 0.3) is 0 Å². The average molecular weight is 369 g/mol. The number of nitrogens with zero attached hydrogens (tertiary/aromatic N) is 3. The Morgan fingerprint density at radius 2 is 2.28 bits per heavy atom. The summed E-state index contributed by atoms with van der Waals surface area (Å²) in [4.78, 5) is 4.38. The summed E-state index contributed by atoms with van der Waals surface area (Å²) in [5, 5.41) is 20.5. The van der Waals surface area contributed by atoms with Crippen LogP contribution in [0.4, 0.5) is 8.78 Å². The first-order valence-corrected chi connectivity index (χ1v) is 8.68. The molecule has 2 aromatic rings. The molecule has 1 aromatic carbocycles. The molecule has 10 heteroatoms. The van der Waals surface area contributed by atoms with Crippen LogP contribution in [0.3, 0.4) is 0 Å². The Morgan fingerprint density at radius 3 is 3.04 bits per heavy atom. The molecule has 1 aliphatic rings. The minimum atomic E-state index is -0.650. The Balaban J connectivity index is 1.88. The Kier molecular flexibility index (Phi) is 5.61. The van der Waals surface area contributed by atoms with Gasteiger partial charge in [0.2, 0.25) is 0 Å². The molecule has 0 amide bonds. The number of aliphatic imine (C=N–C) groups is 1. The number of benzene rings is 1. The van der Waals surface area contributed by atoms with Gasteiger partial charge in [-0.05, 0) is 47.4 Å². The van der Waals surface area contributed by atoms with Crippen LogP contribution in [0.2, 0.25) is 0 Å². The molecule has 1 atom stereocenters. The lowest BCUT2D eigenvalue weighted by Crippen LogP contribution is -2.22. The molecule has 0 spiro atoms. The van der Waals surface area contributed by atoms with Crippen LogP contribution < -0.4 is 10.8 Å². The molecule has 3 rings (SSSR count). The molecule has 1 aromatic heterocycles. The maximum atomic E-state index is 13.9. The van der Waals surface area contributed by atoms with E-state index in [1.165, 1.54) is 17.8 Å². The van der Waals surface area contributed by atoms with Crippen molar-refractivity contribution in [3.8, 4) is 0 Å². The molecule has 1 aliphatic carbocycles. The second kappa shape index (κ2) is 7.89. The zero-order valence-electron chi connectivity index (χ0n) is 13.4. The normalized spacial score (nSPS) is 17.0. The van der Waals surface area contributed by atoms with E-state index in [1.807, 2.05) is 12.5 Å². The number of thioether (sulfide) groups is 1. The van der Waals surface area contributed by atoms with E-state index in [2.05, 4.69) is 20.6 Å². The largest absolute Gasteiger partial charge is 0.319 e. The fourth-order valence-electron chi connectivity index (χ4n) is 2.72. The van der Waals surface area contributed by atoms with E-state index in [0.29, 0.717) is 29.0 Å². The predicted octanol–water partition coefficient (Wildman–Crippen LogP) is 2.07. The molecule has 0 aliphatic heterocycles. The predicted molar refractivity (Wildman–Crippen MR) is 87.8 cm³/mol. The smallest absolute Gasteiger partial charge is 0.185 e. The molecule has 3 N–H and O–H groups in total. The van der Waals surface area contributed by atoms with Gasteiger partial charge in [-0.3, -0.25) is 15.7 Å². The highest BCUT2D eigenvalue weighted by atomic mass is 32.2. The summed E-state index contributed by atoms with van der Waals surface area (Å²) in [5.74, 6) is -0.448. The summed E-state index contributed by atoms with van der Waals surface area (Å²) < 4.78 is 32.1. The lowest BCUT2D eigenvalue weighted by Gasteiger charge is -2.10. The number of halogens is 2. The van der Waals surface area contributed by atoms with Crippen LogP contribution in [-0.4, -0.2) is 40.7 Å². The van der Waals surface area contributed by atoms with E-state index in [1.54, 1.807) is 0 Å². The third-order valence-corrected chi connectivity index (χ3v) is 4.84. The van der Waals surface area contributed by atoms with Crippen molar-refractivity contribution in [2.75, 3.05) is 19.3 Å². The van der Waals surface area contributed by atoms with Gasteiger partial charge < -0.3 is 5.32 Å². The fourth-order valence-corrected chi connectivity index (χ4v) is 3.58. The van der Waals surface area contributed by atoms with Gasteiger partial charge in [-0.15, -0.1) is 0 Å². The SMILES string of the molecule is CNCCSc1nonc1C(=NC1CCc2c(F)cc(F)cc21)NO. The van der Waals surface area contributed by atoms with Gasteiger partial charge in [0, 0.05) is 18.4 Å². The molecule has 25 heavy (non-hydrogen) atoms. The van der Waals surface area contributed by atoms with Crippen molar-refractivity contribution in [2.24, 2.45) is 4.99 Å². The third kappa shape index (κ3) is 3.80. The molecule has 0 bridgehead atoms. The summed E-state index contributed by atoms with van der Waals surface area (Å²) >= 11 is 1.39. The molecule has 0 saturated carbocycles. The molecular formula is C15H17F2N5O2S. The van der Waals surface area contributed by atoms with Gasteiger partial charge in [0.1, 0.15) is 11.6 Å². The summed E-state index contributed by atoms with van der Waals surface area (Å²) in [6, 6.07) is 1.66. The van der Waals surface area contributed by atoms with Gasteiger partial charge in [0.15, 0.2) is 16.6 Å². The quantitative estimate of drug-likeness (QED) is 0.236. The van der Waals surface area contributed by atoms with E-state index < -0.39 is 17.7 Å². The van der Waals surface area contributed by atoms with E-state index in [9.17, 15) is 14.0 Å². The highest BCUT2D eigenvalue weighted by molar-refractivity contribution is 7.99. The minimum Gasteiger partial charge on any atom is -0.319 e. The number of hydrogen-bond acceptors (Lipinski definition) is 7. The number of hydrogen-bond donors (Lipinski definition) is 3. The lowest BCUT2D eigenvalue weighted by atomic mass is 10.1. The summed E-state index contributed by atoms with van der Waals surface area (Å²) in [5.41, 5.74) is 3.18. The van der Waals surface area contributed by atoms with Crippen molar-refractivity contribution in [2.45, 2.75) is 23.9 Å². The number of fused-ring (bicyclic) bond motifs is 1. The van der Waals surface area contributed by atoms with Crippen LogP contribution in [-0.2, 0) is 6.42 Å². The Labute approximate surface area is 146 Å². The van der Waals surface area contributed by atoms with Crippen LogP contribution in [0, 0.1) is 11.6 Å². The molecule has 0 radical (unpaired) electrons. The monoisotopic (exact) mass is 369 g/mol. The second-order valence-corrected chi connectivity index (χ2v) is 6.55. The highest BCUT2D eigenvalue weighted by Crippen LogP contribution is 2.36. The van der Waals surface area contributed by atoms with Crippen molar-refractivity contribution in [3.05, 3.63) is 40.6 Å². The zero-order chi connectivity index (χ0) is 17.8. The van der Waals surface area contributed by atoms with Crippen molar-refractivity contribution < 1.29 is 18.6 Å². The van der Waals surface area contributed by atoms with E-state index in [-0.39, 0.29) is 11.5 Å². The third-order valence-electron chi connectivity index (χ3n) is 3.89. The number of rotatable bonds is 6. The van der Waals surface area contributed by atoms with E-state index in [4.69, 9.17) is 4.63 Å². The summed E-state index contributed by atoms with van der Waals surface area (Å²) in [6.45, 7) is 0.755. The Morgan fingerprint density at radius 1 is 1.44 bits per heavy atom. The first kappa shape index (κ1) is 17.8. The number of aromatic nitrogens is 2. The van der Waals surface area contributed by atoms with Crippen molar-refractivity contribution in [1.82, 2.24) is 21.1 Å². The Hall–Kier alpha value is -2.04. The summed E-state index contributed by atoms with van der Waals surface area (Å²) in [6.07, 6.45) is 0.962. The second-order valence-electron chi connectivity index (χ2n) is 5.47. The van der Waals surface area contributed by atoms with Crippen LogP contribution in [0.15, 0.2) is 26.8 Å². The first-order valence-electron chi connectivity index (χ1n) is 7.70. The molecule has 1 unspecified atom stereocenters. The van der Waals surface area contributed by atoms with Gasteiger partial charge in [-0.25, -0.2) is 13.4 Å². The lowest BCUT2D eigenvalue weighted by molar-refractivity contribution is 0.233. The molecular weight excluding hydrogens is 352 g/mol. The van der Waals surface area contributed by atoms with Gasteiger partial charge in [0.05, 0.1) is 6.04 Å². The highest BCUT2D eigenvalue weighted by Gasteiger charge is 2.27. The topological polar surface area (TPSA) is 95.6 Å². The van der Waals surface area contributed by atoms with Gasteiger partial charge in [-0.2, -0.15) is 0 Å². The van der Waals surface area contributed by atoms with Crippen molar-refractivity contribution >= 4 is 17.6 Å². The van der Waals surface area contributed by atoms with Crippen LogP contribution >= 0.6 is 11.8 Å². The van der Waals surface area contributed by atoms with Gasteiger partial charge in [-0.1, -0.05) is 11.8 Å². The molecule has 7 nitrogen and oxygen atoms in total. The van der Waals surface area contributed by atoms with Crippen molar-refractivity contribution in [3.63, 3.8) is 0 Å². The molecule has 134 valence electrons. The van der Waals surface area contributed by atoms with Crippen LogP contribution in [0.5, 0.6) is 0 Å². The zero-order valence-corrected chi connectivity index (χ0v) is 14.2. The fraction of sp³-hybridized carbons (Fsp3) is 0.400. The standard InChI is InChI=1S/C15H17F2N5O2S/c1-18-4-5-25-15-13(21-24-22-15)14(20-23)19-12-3-2-9-10(12)6-8(16)7-11(9)17/h6-7,12,18,23H,2-5H2,1H3,(H,19,20). The molecule has 0 saturated heterocycles. The molecule has 1 heterocycles. The van der Waals surface area contributed by atoms with Gasteiger partial charge >= 0.3 is 0 Å². The van der Waals surface area contributed by atoms with E-state index >= 15 is 0 Å². The number of amidine groups is 1. The minimum absolute atomic E-state index is 0.0516. The Bertz CT molecular complexity index is 783. The maximum Gasteiger partial charge on any atom is 0.185 e. The number of nitrogens with one attached hydrogen (secondary N) is 2. The molecule has 0 fully saturated rings.